The number of hydrogen-bond donors (Lipinski definition) is 1. The fraction of sp³-hybridized carbons (Fsp3) is 0.438. The highest BCUT2D eigenvalue weighted by Gasteiger charge is 2.20. The largest absolute Gasteiger partial charge is 0.383 e. The van der Waals surface area contributed by atoms with Crippen molar-refractivity contribution in [1.29, 1.82) is 0 Å². The lowest BCUT2D eigenvalue weighted by molar-refractivity contribution is 0.588. The normalized spacial score (nSPS) is 11.3. The highest BCUT2D eigenvalue weighted by atomic mass is 79.9. The van der Waals surface area contributed by atoms with Gasteiger partial charge in [-0.1, -0.05) is 43.1 Å². The molecule has 1 heterocycles. The lowest BCUT2D eigenvalue weighted by Gasteiger charge is -2.11. The second-order valence-corrected chi connectivity index (χ2v) is 6.40. The van der Waals surface area contributed by atoms with Crippen molar-refractivity contribution in [2.45, 2.75) is 46.1 Å². The summed E-state index contributed by atoms with van der Waals surface area (Å²) in [6, 6.07) is 4.83. The van der Waals surface area contributed by atoms with Gasteiger partial charge in [0.25, 0.3) is 0 Å². The molecule has 21 heavy (non-hydrogen) atoms. The Balaban J connectivity index is 2.56. The van der Waals surface area contributed by atoms with Gasteiger partial charge in [0.1, 0.15) is 23.2 Å². The fourth-order valence-electron chi connectivity index (χ4n) is 2.35. The van der Waals surface area contributed by atoms with Crippen LogP contribution in [-0.2, 0) is 6.54 Å². The smallest absolute Gasteiger partial charge is 0.132 e. The van der Waals surface area contributed by atoms with Crippen LogP contribution < -0.4 is 5.73 Å². The fourth-order valence-corrected chi connectivity index (χ4v) is 2.71. The SMILES string of the molecule is CCCCn1c(C(C)C)nc(-c2cc(Br)ccc2F)c1N. The molecular weight excluding hydrogens is 333 g/mol. The van der Waals surface area contributed by atoms with Gasteiger partial charge in [-0.2, -0.15) is 0 Å². The molecule has 2 aromatic rings. The second-order valence-electron chi connectivity index (χ2n) is 5.49. The molecule has 114 valence electrons. The molecule has 0 spiro atoms. The summed E-state index contributed by atoms with van der Waals surface area (Å²) in [5.41, 5.74) is 7.23. The van der Waals surface area contributed by atoms with E-state index in [1.807, 2.05) is 4.57 Å². The Hall–Kier alpha value is -1.36. The molecule has 2 N–H and O–H groups in total. The zero-order valence-corrected chi connectivity index (χ0v) is 14.2. The summed E-state index contributed by atoms with van der Waals surface area (Å²) < 4.78 is 16.9. The van der Waals surface area contributed by atoms with Gasteiger partial charge in [0.05, 0.1) is 0 Å². The third-order valence-electron chi connectivity index (χ3n) is 3.47. The number of hydrogen-bond acceptors (Lipinski definition) is 2. The van der Waals surface area contributed by atoms with Crippen molar-refractivity contribution in [2.75, 3.05) is 5.73 Å². The topological polar surface area (TPSA) is 43.8 Å². The van der Waals surface area contributed by atoms with Crippen molar-refractivity contribution in [2.24, 2.45) is 0 Å². The van der Waals surface area contributed by atoms with Crippen molar-refractivity contribution in [1.82, 2.24) is 9.55 Å². The zero-order valence-electron chi connectivity index (χ0n) is 12.7. The van der Waals surface area contributed by atoms with E-state index in [9.17, 15) is 4.39 Å². The van der Waals surface area contributed by atoms with Gasteiger partial charge in [-0.25, -0.2) is 9.37 Å². The summed E-state index contributed by atoms with van der Waals surface area (Å²) in [7, 11) is 0. The minimum absolute atomic E-state index is 0.244. The van der Waals surface area contributed by atoms with Gasteiger partial charge in [0, 0.05) is 22.5 Å². The minimum atomic E-state index is -0.305. The molecule has 0 amide bonds. The van der Waals surface area contributed by atoms with E-state index in [2.05, 4.69) is 41.7 Å². The van der Waals surface area contributed by atoms with Crippen LogP contribution in [0.15, 0.2) is 22.7 Å². The van der Waals surface area contributed by atoms with Gasteiger partial charge < -0.3 is 10.3 Å². The average Bonchev–Trinajstić information content (AvgIpc) is 2.76. The number of anilines is 1. The maximum absolute atomic E-state index is 14.1. The Bertz CT molecular complexity index is 635. The van der Waals surface area contributed by atoms with Gasteiger partial charge in [-0.05, 0) is 24.6 Å². The standard InChI is InChI=1S/C16H21BrFN3/c1-4-5-8-21-15(19)14(20-16(21)10(2)3)12-9-11(17)6-7-13(12)18/h6-7,9-10H,4-5,8,19H2,1-3H3. The monoisotopic (exact) mass is 353 g/mol. The van der Waals surface area contributed by atoms with E-state index in [4.69, 9.17) is 5.73 Å². The van der Waals surface area contributed by atoms with Crippen LogP contribution in [0.2, 0.25) is 0 Å². The van der Waals surface area contributed by atoms with E-state index < -0.39 is 0 Å². The minimum Gasteiger partial charge on any atom is -0.383 e. The number of rotatable bonds is 5. The molecule has 0 unspecified atom stereocenters. The van der Waals surface area contributed by atoms with Crippen molar-refractivity contribution in [3.8, 4) is 11.3 Å². The Morgan fingerprint density at radius 3 is 2.71 bits per heavy atom. The number of nitrogens with zero attached hydrogens (tertiary/aromatic N) is 2. The van der Waals surface area contributed by atoms with Crippen LogP contribution >= 0.6 is 15.9 Å². The summed E-state index contributed by atoms with van der Waals surface area (Å²) in [5, 5.41) is 0. The quantitative estimate of drug-likeness (QED) is 0.825. The van der Waals surface area contributed by atoms with Crippen LogP contribution in [0.4, 0.5) is 10.2 Å². The lowest BCUT2D eigenvalue weighted by atomic mass is 10.1. The Kier molecular flexibility index (Phi) is 5.04. The predicted molar refractivity (Wildman–Crippen MR) is 88.7 cm³/mol. The van der Waals surface area contributed by atoms with Gasteiger partial charge in [0.2, 0.25) is 0 Å². The van der Waals surface area contributed by atoms with Crippen LogP contribution in [0, 0.1) is 5.82 Å². The zero-order chi connectivity index (χ0) is 15.6. The third-order valence-corrected chi connectivity index (χ3v) is 3.96. The van der Waals surface area contributed by atoms with Crippen molar-refractivity contribution in [3.63, 3.8) is 0 Å². The van der Waals surface area contributed by atoms with Crippen molar-refractivity contribution >= 4 is 21.7 Å². The van der Waals surface area contributed by atoms with Gasteiger partial charge in [-0.15, -0.1) is 0 Å². The van der Waals surface area contributed by atoms with E-state index in [1.54, 1.807) is 12.1 Å². The predicted octanol–water partition coefficient (Wildman–Crippen LogP) is 4.96. The number of halogens is 2. The second kappa shape index (κ2) is 6.60. The molecule has 0 saturated carbocycles. The number of aromatic nitrogens is 2. The first-order valence-corrected chi connectivity index (χ1v) is 8.06. The first-order valence-electron chi connectivity index (χ1n) is 7.27. The molecule has 0 radical (unpaired) electrons. The van der Waals surface area contributed by atoms with Crippen LogP contribution in [0.5, 0.6) is 0 Å². The van der Waals surface area contributed by atoms with Crippen LogP contribution in [0.1, 0.15) is 45.4 Å². The van der Waals surface area contributed by atoms with E-state index in [-0.39, 0.29) is 11.7 Å². The van der Waals surface area contributed by atoms with Gasteiger partial charge in [-0.3, -0.25) is 0 Å². The van der Waals surface area contributed by atoms with E-state index >= 15 is 0 Å². The molecule has 0 bridgehead atoms. The number of benzene rings is 1. The summed E-state index contributed by atoms with van der Waals surface area (Å²) in [6.07, 6.45) is 2.11. The molecule has 0 aliphatic rings. The van der Waals surface area contributed by atoms with Crippen molar-refractivity contribution < 1.29 is 4.39 Å². The molecule has 2 rings (SSSR count). The summed E-state index contributed by atoms with van der Waals surface area (Å²) >= 11 is 3.37. The number of nitrogen functional groups attached to an aromatic ring is 1. The highest BCUT2D eigenvalue weighted by molar-refractivity contribution is 9.10. The maximum atomic E-state index is 14.1. The third kappa shape index (κ3) is 3.28. The first kappa shape index (κ1) is 16.0. The molecule has 1 aromatic carbocycles. The summed E-state index contributed by atoms with van der Waals surface area (Å²) in [4.78, 5) is 4.61. The maximum Gasteiger partial charge on any atom is 0.132 e. The number of unbranched alkanes of at least 4 members (excludes halogenated alkanes) is 1. The summed E-state index contributed by atoms with van der Waals surface area (Å²) in [5.74, 6) is 1.40. The number of nitrogens with two attached hydrogens (primary N) is 1. The van der Waals surface area contributed by atoms with E-state index in [0.29, 0.717) is 17.1 Å². The first-order chi connectivity index (χ1) is 9.95. The van der Waals surface area contributed by atoms with Crippen LogP contribution in [0.3, 0.4) is 0 Å². The van der Waals surface area contributed by atoms with Gasteiger partial charge in [0.15, 0.2) is 0 Å². The van der Waals surface area contributed by atoms with Gasteiger partial charge >= 0.3 is 0 Å². The van der Waals surface area contributed by atoms with E-state index in [0.717, 1.165) is 29.7 Å². The molecule has 0 fully saturated rings. The molecule has 0 atom stereocenters. The van der Waals surface area contributed by atoms with Crippen LogP contribution in [0.25, 0.3) is 11.3 Å². The lowest BCUT2D eigenvalue weighted by Crippen LogP contribution is -2.08. The molecule has 0 aliphatic carbocycles. The highest BCUT2D eigenvalue weighted by Crippen LogP contribution is 2.32. The van der Waals surface area contributed by atoms with E-state index in [1.165, 1.54) is 6.07 Å². The number of imidazole rings is 1. The molecule has 5 heteroatoms. The molecule has 3 nitrogen and oxygen atoms in total. The van der Waals surface area contributed by atoms with Crippen molar-refractivity contribution in [3.05, 3.63) is 34.3 Å². The Morgan fingerprint density at radius 1 is 1.38 bits per heavy atom. The molecule has 0 aliphatic heterocycles. The molecule has 0 saturated heterocycles. The Labute approximate surface area is 133 Å². The van der Waals surface area contributed by atoms with Crippen LogP contribution in [-0.4, -0.2) is 9.55 Å². The Morgan fingerprint density at radius 2 is 2.10 bits per heavy atom. The molecule has 1 aromatic heterocycles. The average molecular weight is 354 g/mol. The summed E-state index contributed by atoms with van der Waals surface area (Å²) in [6.45, 7) is 7.10. The molecular formula is C16H21BrFN3.